The molecule has 2 fully saturated rings. The number of hydrogen-bond donors (Lipinski definition) is 0. The summed E-state index contributed by atoms with van der Waals surface area (Å²) in [6.45, 7) is 2.61. The number of hydroxylamine groups is 1. The third kappa shape index (κ3) is 3.59. The van der Waals surface area contributed by atoms with Crippen LogP contribution in [-0.4, -0.2) is 33.5 Å². The van der Waals surface area contributed by atoms with Crippen molar-refractivity contribution in [3.63, 3.8) is 0 Å². The zero-order valence-electron chi connectivity index (χ0n) is 14.7. The lowest BCUT2D eigenvalue weighted by molar-refractivity contribution is -0.132. The highest BCUT2D eigenvalue weighted by molar-refractivity contribution is 8.23. The van der Waals surface area contributed by atoms with Gasteiger partial charge in [0.2, 0.25) is 5.91 Å². The van der Waals surface area contributed by atoms with E-state index >= 15 is 0 Å². The van der Waals surface area contributed by atoms with Crippen molar-refractivity contribution in [1.82, 2.24) is 4.90 Å². The molecule has 2 aromatic carbocycles. The largest absolute Gasteiger partial charge is 0.297 e. The van der Waals surface area contributed by atoms with Crippen LogP contribution in [0, 0.1) is 5.92 Å². The number of hydrogen-bond acceptors (Lipinski definition) is 5. The van der Waals surface area contributed by atoms with E-state index in [1.807, 2.05) is 66.6 Å². The van der Waals surface area contributed by atoms with Gasteiger partial charge in [0.1, 0.15) is 4.32 Å². The number of benzene rings is 2. The zero-order chi connectivity index (χ0) is 19.0. The number of rotatable bonds is 3. The van der Waals surface area contributed by atoms with Crippen molar-refractivity contribution in [2.24, 2.45) is 5.92 Å². The summed E-state index contributed by atoms with van der Waals surface area (Å²) in [7, 11) is 0. The van der Waals surface area contributed by atoms with E-state index in [1.54, 1.807) is 16.7 Å². The number of halogens is 1. The van der Waals surface area contributed by atoms with Gasteiger partial charge in [0.25, 0.3) is 0 Å². The van der Waals surface area contributed by atoms with Crippen molar-refractivity contribution in [3.8, 4) is 0 Å². The maximum Gasteiger partial charge on any atom is 0.236 e. The van der Waals surface area contributed by atoms with Crippen LogP contribution in [0.3, 0.4) is 0 Å². The Bertz CT molecular complexity index is 847. The van der Waals surface area contributed by atoms with Crippen LogP contribution in [0.4, 0.5) is 5.69 Å². The van der Waals surface area contributed by atoms with E-state index in [0.717, 1.165) is 17.0 Å². The maximum atomic E-state index is 13.4. The van der Waals surface area contributed by atoms with Crippen molar-refractivity contribution in [2.45, 2.75) is 19.1 Å². The Kier molecular flexibility index (Phi) is 5.41. The molecule has 4 nitrogen and oxygen atoms in total. The monoisotopic (exact) mass is 418 g/mol. The highest BCUT2D eigenvalue weighted by Gasteiger charge is 2.48. The third-order valence-corrected chi connectivity index (χ3v) is 6.59. The first kappa shape index (κ1) is 18.7. The molecule has 2 aliphatic heterocycles. The average Bonchev–Trinajstić information content (AvgIpc) is 3.26. The van der Waals surface area contributed by atoms with E-state index in [9.17, 15) is 4.79 Å². The summed E-state index contributed by atoms with van der Waals surface area (Å²) in [5.74, 6) is 0.534. The number of amides is 1. The Balaban J connectivity index is 1.74. The molecule has 0 unspecified atom stereocenters. The van der Waals surface area contributed by atoms with E-state index in [2.05, 4.69) is 0 Å². The SMILES string of the molecule is C[C@@H]1ON(c2ccc(Cl)cc2)[C@H](c2ccccc2)[C@H]1C(=O)N1CCSC1=S. The Morgan fingerprint density at radius 1 is 1.19 bits per heavy atom. The third-order valence-electron chi connectivity index (χ3n) is 4.91. The van der Waals surface area contributed by atoms with E-state index in [1.165, 1.54) is 0 Å². The Morgan fingerprint density at radius 3 is 2.52 bits per heavy atom. The van der Waals surface area contributed by atoms with Crippen LogP contribution < -0.4 is 5.06 Å². The van der Waals surface area contributed by atoms with Gasteiger partial charge in [0.05, 0.1) is 23.8 Å². The van der Waals surface area contributed by atoms with Crippen LogP contribution in [-0.2, 0) is 9.63 Å². The molecule has 4 rings (SSSR count). The summed E-state index contributed by atoms with van der Waals surface area (Å²) in [5.41, 5.74) is 1.90. The fourth-order valence-electron chi connectivity index (χ4n) is 3.62. The minimum Gasteiger partial charge on any atom is -0.297 e. The normalized spacial score (nSPS) is 25.3. The van der Waals surface area contributed by atoms with Crippen LogP contribution in [0.1, 0.15) is 18.5 Å². The number of anilines is 1. The fourth-order valence-corrected chi connectivity index (χ4v) is 4.97. The van der Waals surface area contributed by atoms with Crippen LogP contribution in [0.15, 0.2) is 54.6 Å². The highest BCUT2D eigenvalue weighted by Crippen LogP contribution is 2.43. The van der Waals surface area contributed by atoms with Crippen LogP contribution in [0.2, 0.25) is 5.02 Å². The van der Waals surface area contributed by atoms with Crippen LogP contribution in [0.25, 0.3) is 0 Å². The second kappa shape index (κ2) is 7.80. The number of thioether (sulfide) groups is 1. The molecule has 27 heavy (non-hydrogen) atoms. The molecule has 3 atom stereocenters. The van der Waals surface area contributed by atoms with Crippen molar-refractivity contribution in [2.75, 3.05) is 17.4 Å². The molecular formula is C20H19ClN2O2S2. The molecule has 0 saturated carbocycles. The smallest absolute Gasteiger partial charge is 0.236 e. The lowest BCUT2D eigenvalue weighted by atomic mass is 9.88. The van der Waals surface area contributed by atoms with E-state index in [4.69, 9.17) is 28.7 Å². The molecule has 0 N–H and O–H groups in total. The molecule has 2 saturated heterocycles. The van der Waals surface area contributed by atoms with Gasteiger partial charge in [-0.05, 0) is 36.8 Å². The van der Waals surface area contributed by atoms with Gasteiger partial charge >= 0.3 is 0 Å². The molecule has 2 aromatic rings. The summed E-state index contributed by atoms with van der Waals surface area (Å²) >= 11 is 13.0. The Hall–Kier alpha value is -1.60. The van der Waals surface area contributed by atoms with Gasteiger partial charge in [-0.1, -0.05) is 65.9 Å². The maximum absolute atomic E-state index is 13.4. The first-order chi connectivity index (χ1) is 13.1. The zero-order valence-corrected chi connectivity index (χ0v) is 17.1. The molecule has 0 bridgehead atoms. The minimum absolute atomic E-state index is 0.0304. The van der Waals surface area contributed by atoms with Gasteiger partial charge in [0.15, 0.2) is 0 Å². The van der Waals surface area contributed by atoms with E-state index in [-0.39, 0.29) is 24.0 Å². The summed E-state index contributed by atoms with van der Waals surface area (Å²) in [5, 5.41) is 2.50. The molecule has 1 amide bonds. The van der Waals surface area contributed by atoms with Crippen molar-refractivity contribution in [3.05, 3.63) is 65.2 Å². The molecule has 0 radical (unpaired) electrons. The van der Waals surface area contributed by atoms with Gasteiger partial charge in [-0.3, -0.25) is 14.5 Å². The Morgan fingerprint density at radius 2 is 1.89 bits per heavy atom. The van der Waals surface area contributed by atoms with E-state index in [0.29, 0.717) is 15.9 Å². The van der Waals surface area contributed by atoms with Crippen molar-refractivity contribution >= 4 is 51.5 Å². The van der Waals surface area contributed by atoms with Crippen molar-refractivity contribution < 1.29 is 9.63 Å². The van der Waals surface area contributed by atoms with Gasteiger partial charge in [-0.2, -0.15) is 0 Å². The lowest BCUT2D eigenvalue weighted by Gasteiger charge is -2.29. The molecule has 2 aliphatic rings. The van der Waals surface area contributed by atoms with Crippen LogP contribution in [0.5, 0.6) is 0 Å². The fraction of sp³-hybridized carbons (Fsp3) is 0.300. The van der Waals surface area contributed by atoms with Gasteiger partial charge in [-0.15, -0.1) is 0 Å². The summed E-state index contributed by atoms with van der Waals surface area (Å²) < 4.78 is 0.656. The predicted octanol–water partition coefficient (Wildman–Crippen LogP) is 4.70. The number of nitrogens with zero attached hydrogens (tertiary/aromatic N) is 2. The number of carbonyl (C=O) groups excluding carboxylic acids is 1. The van der Waals surface area contributed by atoms with Gasteiger partial charge < -0.3 is 0 Å². The second-order valence-corrected chi connectivity index (χ2v) is 8.76. The Labute approximate surface area is 173 Å². The van der Waals surface area contributed by atoms with Gasteiger partial charge in [-0.25, -0.2) is 5.06 Å². The molecule has 0 aliphatic carbocycles. The van der Waals surface area contributed by atoms with Crippen LogP contribution >= 0.6 is 35.6 Å². The summed E-state index contributed by atoms with van der Waals surface area (Å²) in [6.07, 6.45) is -0.271. The average molecular weight is 419 g/mol. The van der Waals surface area contributed by atoms with Gasteiger partial charge in [0, 0.05) is 17.3 Å². The first-order valence-corrected chi connectivity index (χ1v) is 10.6. The molecule has 7 heteroatoms. The first-order valence-electron chi connectivity index (χ1n) is 8.81. The molecule has 0 spiro atoms. The molecule has 2 heterocycles. The minimum atomic E-state index is -0.347. The highest BCUT2D eigenvalue weighted by atomic mass is 35.5. The quantitative estimate of drug-likeness (QED) is 0.675. The second-order valence-electron chi connectivity index (χ2n) is 6.60. The lowest BCUT2D eigenvalue weighted by Crippen LogP contribution is -2.41. The van der Waals surface area contributed by atoms with Crippen molar-refractivity contribution in [1.29, 1.82) is 0 Å². The molecular weight excluding hydrogens is 400 g/mol. The summed E-state index contributed by atoms with van der Waals surface area (Å²) in [6, 6.07) is 17.2. The summed E-state index contributed by atoms with van der Waals surface area (Å²) in [4.78, 5) is 21.3. The topological polar surface area (TPSA) is 32.8 Å². The van der Waals surface area contributed by atoms with E-state index < -0.39 is 0 Å². The number of thiocarbonyl (C=S) groups is 1. The molecule has 0 aromatic heterocycles. The number of carbonyl (C=O) groups is 1. The molecule has 140 valence electrons. The predicted molar refractivity (Wildman–Crippen MR) is 114 cm³/mol. The standard InChI is InChI=1S/C20H19ClN2O2S2/c1-13-17(19(24)22-11-12-27-20(22)26)18(14-5-3-2-4-6-14)23(25-13)16-9-7-15(21)8-10-16/h2-10,13,17-18H,11-12H2,1H3/t13-,17-,18+/m0/s1.